The molecule has 2 aromatic rings. The Balaban J connectivity index is 2.60. The van der Waals surface area contributed by atoms with Gasteiger partial charge in [-0.15, -0.1) is 0 Å². The van der Waals surface area contributed by atoms with Gasteiger partial charge >= 0.3 is 0 Å². The van der Waals surface area contributed by atoms with Crippen molar-refractivity contribution in [3.05, 3.63) is 50.6 Å². The second-order valence-electron chi connectivity index (χ2n) is 4.48. The van der Waals surface area contributed by atoms with Crippen LogP contribution in [0.25, 0.3) is 11.3 Å². The van der Waals surface area contributed by atoms with Crippen LogP contribution in [0.2, 0.25) is 15.1 Å². The van der Waals surface area contributed by atoms with E-state index in [1.54, 1.807) is 12.1 Å². The Morgan fingerprint density at radius 3 is 2.48 bits per heavy atom. The van der Waals surface area contributed by atoms with Crippen LogP contribution in [-0.4, -0.2) is 10.2 Å². The van der Waals surface area contributed by atoms with Gasteiger partial charge in [-0.2, -0.15) is 0 Å². The third-order valence-corrected chi connectivity index (χ3v) is 4.29. The van der Waals surface area contributed by atoms with Gasteiger partial charge in [-0.25, -0.2) is 4.98 Å². The SMILES string of the molecule is CCCc1cc(-c2nc(C(=O)Cl)cc(Cl)c2Cl)ccc1Cl. The van der Waals surface area contributed by atoms with Crippen LogP contribution >= 0.6 is 46.4 Å². The van der Waals surface area contributed by atoms with Gasteiger partial charge in [-0.1, -0.05) is 54.2 Å². The Morgan fingerprint density at radius 1 is 1.14 bits per heavy atom. The summed E-state index contributed by atoms with van der Waals surface area (Å²) >= 11 is 23.9. The van der Waals surface area contributed by atoms with E-state index in [4.69, 9.17) is 46.4 Å². The zero-order chi connectivity index (χ0) is 15.6. The summed E-state index contributed by atoms with van der Waals surface area (Å²) in [6.07, 6.45) is 1.80. The molecule has 0 spiro atoms. The summed E-state index contributed by atoms with van der Waals surface area (Å²) in [7, 11) is 0. The van der Waals surface area contributed by atoms with E-state index in [9.17, 15) is 4.79 Å². The lowest BCUT2D eigenvalue weighted by molar-refractivity contribution is 0.107. The minimum absolute atomic E-state index is 0.0630. The highest BCUT2D eigenvalue weighted by atomic mass is 35.5. The third-order valence-electron chi connectivity index (χ3n) is 2.95. The fourth-order valence-corrected chi connectivity index (χ4v) is 2.68. The Labute approximate surface area is 143 Å². The van der Waals surface area contributed by atoms with Crippen molar-refractivity contribution < 1.29 is 4.79 Å². The average Bonchev–Trinajstić information content (AvgIpc) is 2.44. The van der Waals surface area contributed by atoms with Gasteiger partial charge in [0.15, 0.2) is 0 Å². The van der Waals surface area contributed by atoms with Crippen LogP contribution in [0.5, 0.6) is 0 Å². The van der Waals surface area contributed by atoms with Crippen LogP contribution < -0.4 is 0 Å². The lowest BCUT2D eigenvalue weighted by Gasteiger charge is -2.10. The molecular weight excluding hydrogens is 352 g/mol. The van der Waals surface area contributed by atoms with E-state index in [1.165, 1.54) is 6.07 Å². The summed E-state index contributed by atoms with van der Waals surface area (Å²) in [5.41, 5.74) is 2.22. The van der Waals surface area contributed by atoms with Crippen molar-refractivity contribution in [2.45, 2.75) is 19.8 Å². The number of aromatic nitrogens is 1. The van der Waals surface area contributed by atoms with Crippen LogP contribution in [0.4, 0.5) is 0 Å². The predicted octanol–water partition coefficient (Wildman–Crippen LogP) is 6.04. The molecule has 1 aromatic heterocycles. The quantitative estimate of drug-likeness (QED) is 0.620. The Kier molecular flexibility index (Phi) is 5.50. The van der Waals surface area contributed by atoms with E-state index < -0.39 is 5.24 Å². The van der Waals surface area contributed by atoms with Crippen LogP contribution in [0.1, 0.15) is 29.4 Å². The fourth-order valence-electron chi connectivity index (χ4n) is 1.97. The van der Waals surface area contributed by atoms with Gasteiger partial charge in [-0.3, -0.25) is 4.79 Å². The van der Waals surface area contributed by atoms with Crippen LogP contribution in [0, 0.1) is 0 Å². The molecule has 0 atom stereocenters. The summed E-state index contributed by atoms with van der Waals surface area (Å²) in [5, 5.41) is 0.519. The van der Waals surface area contributed by atoms with E-state index in [-0.39, 0.29) is 15.7 Å². The van der Waals surface area contributed by atoms with E-state index in [2.05, 4.69) is 11.9 Å². The molecule has 0 bridgehead atoms. The normalized spacial score (nSPS) is 10.7. The maximum atomic E-state index is 11.3. The summed E-state index contributed by atoms with van der Waals surface area (Å²) in [6, 6.07) is 6.82. The van der Waals surface area contributed by atoms with Crippen LogP contribution in [-0.2, 0) is 6.42 Å². The molecule has 1 heterocycles. The number of carbonyl (C=O) groups is 1. The van der Waals surface area contributed by atoms with Crippen molar-refractivity contribution in [1.82, 2.24) is 4.98 Å². The molecule has 0 fully saturated rings. The zero-order valence-corrected chi connectivity index (χ0v) is 14.1. The minimum atomic E-state index is -0.683. The van der Waals surface area contributed by atoms with Crippen LogP contribution in [0.3, 0.4) is 0 Å². The highest BCUT2D eigenvalue weighted by Gasteiger charge is 2.15. The third kappa shape index (κ3) is 3.70. The van der Waals surface area contributed by atoms with Crippen LogP contribution in [0.15, 0.2) is 24.3 Å². The molecular formula is C15H11Cl4NO. The molecule has 0 aliphatic rings. The zero-order valence-electron chi connectivity index (χ0n) is 11.1. The molecule has 1 aromatic carbocycles. The highest BCUT2D eigenvalue weighted by Crippen LogP contribution is 2.34. The monoisotopic (exact) mass is 361 g/mol. The summed E-state index contributed by atoms with van der Waals surface area (Å²) in [6.45, 7) is 2.07. The molecule has 0 unspecified atom stereocenters. The first-order chi connectivity index (χ1) is 9.93. The van der Waals surface area contributed by atoms with E-state index in [0.717, 1.165) is 24.0 Å². The standard InChI is InChI=1S/C15H11Cl4NO/c1-2-3-8-6-9(4-5-10(8)16)14-13(18)11(17)7-12(20-14)15(19)21/h4-7H,2-3H2,1H3. The molecule has 0 radical (unpaired) electrons. The number of benzene rings is 1. The number of nitrogens with zero attached hydrogens (tertiary/aromatic N) is 1. The first kappa shape index (κ1) is 16.6. The molecule has 2 rings (SSSR count). The Bertz CT molecular complexity index is 700. The fraction of sp³-hybridized carbons (Fsp3) is 0.200. The summed E-state index contributed by atoms with van der Waals surface area (Å²) in [5.74, 6) is 0. The van der Waals surface area contributed by atoms with Gasteiger partial charge in [0, 0.05) is 10.6 Å². The van der Waals surface area contributed by atoms with Gasteiger partial charge in [0.25, 0.3) is 5.24 Å². The second kappa shape index (κ2) is 6.97. The molecule has 21 heavy (non-hydrogen) atoms. The van der Waals surface area contributed by atoms with Crippen molar-refractivity contribution >= 4 is 51.6 Å². The van der Waals surface area contributed by atoms with Crippen molar-refractivity contribution in [3.8, 4) is 11.3 Å². The highest BCUT2D eigenvalue weighted by molar-refractivity contribution is 6.67. The van der Waals surface area contributed by atoms with E-state index in [0.29, 0.717) is 10.7 Å². The molecule has 0 aliphatic heterocycles. The topological polar surface area (TPSA) is 30.0 Å². The molecule has 0 N–H and O–H groups in total. The average molecular weight is 363 g/mol. The largest absolute Gasteiger partial charge is 0.274 e. The maximum absolute atomic E-state index is 11.3. The van der Waals surface area contributed by atoms with Gasteiger partial charge < -0.3 is 0 Å². The maximum Gasteiger partial charge on any atom is 0.270 e. The number of aryl methyl sites for hydroxylation is 1. The first-order valence-corrected chi connectivity index (χ1v) is 7.80. The Hall–Kier alpha value is -0.800. The molecule has 0 saturated carbocycles. The first-order valence-electron chi connectivity index (χ1n) is 6.28. The molecule has 0 saturated heterocycles. The Morgan fingerprint density at radius 2 is 1.86 bits per heavy atom. The van der Waals surface area contributed by atoms with E-state index in [1.807, 2.05) is 6.07 Å². The lowest BCUT2D eigenvalue weighted by atomic mass is 10.0. The molecule has 0 amide bonds. The van der Waals surface area contributed by atoms with Crippen molar-refractivity contribution in [2.24, 2.45) is 0 Å². The summed E-state index contributed by atoms with van der Waals surface area (Å²) < 4.78 is 0. The molecule has 2 nitrogen and oxygen atoms in total. The summed E-state index contributed by atoms with van der Waals surface area (Å²) in [4.78, 5) is 15.5. The van der Waals surface area contributed by atoms with Gasteiger partial charge in [-0.05, 0) is 41.8 Å². The van der Waals surface area contributed by atoms with E-state index >= 15 is 0 Å². The predicted molar refractivity (Wildman–Crippen MR) is 88.9 cm³/mol. The number of carbonyl (C=O) groups excluding carboxylic acids is 1. The van der Waals surface area contributed by atoms with Gasteiger partial charge in [0.2, 0.25) is 0 Å². The van der Waals surface area contributed by atoms with Crippen molar-refractivity contribution in [3.63, 3.8) is 0 Å². The number of halogens is 4. The molecule has 6 heteroatoms. The molecule has 110 valence electrons. The smallest absolute Gasteiger partial charge is 0.270 e. The molecule has 0 aliphatic carbocycles. The number of hydrogen-bond donors (Lipinski definition) is 0. The number of rotatable bonds is 4. The van der Waals surface area contributed by atoms with Gasteiger partial charge in [0.05, 0.1) is 15.7 Å². The lowest BCUT2D eigenvalue weighted by Crippen LogP contribution is -1.98. The van der Waals surface area contributed by atoms with Gasteiger partial charge in [0.1, 0.15) is 5.69 Å². The number of pyridine rings is 1. The minimum Gasteiger partial charge on any atom is -0.274 e. The second-order valence-corrected chi connectivity index (χ2v) is 6.02. The number of hydrogen-bond acceptors (Lipinski definition) is 2. The van der Waals surface area contributed by atoms with Crippen molar-refractivity contribution in [2.75, 3.05) is 0 Å². The van der Waals surface area contributed by atoms with Crippen molar-refractivity contribution in [1.29, 1.82) is 0 Å².